The summed E-state index contributed by atoms with van der Waals surface area (Å²) in [6, 6.07) is 8.39. The van der Waals surface area contributed by atoms with Crippen molar-refractivity contribution in [2.24, 2.45) is 5.92 Å². The Kier molecular flexibility index (Phi) is 8.30. The van der Waals surface area contributed by atoms with Crippen molar-refractivity contribution in [1.82, 2.24) is 19.4 Å². The second kappa shape index (κ2) is 12.2. The molecule has 6 rings (SSSR count). The lowest BCUT2D eigenvalue weighted by Gasteiger charge is -2.34. The summed E-state index contributed by atoms with van der Waals surface area (Å²) in [5, 5.41) is 3.89. The summed E-state index contributed by atoms with van der Waals surface area (Å²) in [5.41, 5.74) is 2.36. The Labute approximate surface area is 235 Å². The monoisotopic (exact) mass is 548 g/mol. The SMILES string of the molecule is Cc1c(F)c(=O)n(C2CCCC2)c2nc(Nc3ccc(N4CCC(CCCN5CCOCC5)CC4)cc3)ncc12. The predicted octanol–water partition coefficient (Wildman–Crippen LogP) is 5.43. The van der Waals surface area contributed by atoms with E-state index >= 15 is 0 Å². The summed E-state index contributed by atoms with van der Waals surface area (Å²) in [7, 11) is 0. The van der Waals surface area contributed by atoms with Crippen LogP contribution in [-0.4, -0.2) is 65.4 Å². The number of ether oxygens (including phenoxy) is 1. The number of benzene rings is 1. The first-order valence-corrected chi connectivity index (χ1v) is 15.1. The Morgan fingerprint density at radius 2 is 1.75 bits per heavy atom. The number of fused-ring (bicyclic) bond motifs is 1. The lowest BCUT2D eigenvalue weighted by Crippen LogP contribution is -2.37. The van der Waals surface area contributed by atoms with Gasteiger partial charge in [-0.3, -0.25) is 14.3 Å². The number of halogens is 1. The molecule has 2 aliphatic heterocycles. The first-order chi connectivity index (χ1) is 19.6. The predicted molar refractivity (Wildman–Crippen MR) is 157 cm³/mol. The van der Waals surface area contributed by atoms with Crippen LogP contribution in [-0.2, 0) is 4.74 Å². The molecule has 1 N–H and O–H groups in total. The molecule has 2 aromatic heterocycles. The van der Waals surface area contributed by atoms with Gasteiger partial charge < -0.3 is 15.0 Å². The van der Waals surface area contributed by atoms with Gasteiger partial charge in [0.1, 0.15) is 5.65 Å². The van der Waals surface area contributed by atoms with Crippen molar-refractivity contribution in [1.29, 1.82) is 0 Å². The van der Waals surface area contributed by atoms with Crippen LogP contribution in [0.3, 0.4) is 0 Å². The largest absolute Gasteiger partial charge is 0.379 e. The molecule has 3 aliphatic rings. The molecule has 40 heavy (non-hydrogen) atoms. The molecule has 9 heteroatoms. The van der Waals surface area contributed by atoms with Crippen molar-refractivity contribution in [2.75, 3.05) is 56.2 Å². The molecular formula is C31H41FN6O2. The number of pyridine rings is 1. The molecule has 0 spiro atoms. The lowest BCUT2D eigenvalue weighted by atomic mass is 9.92. The third kappa shape index (κ3) is 5.86. The van der Waals surface area contributed by atoms with E-state index < -0.39 is 11.4 Å². The fourth-order valence-corrected chi connectivity index (χ4v) is 6.66. The highest BCUT2D eigenvalue weighted by atomic mass is 19.1. The summed E-state index contributed by atoms with van der Waals surface area (Å²) in [6.45, 7) is 8.94. The number of nitrogens with one attached hydrogen (secondary N) is 1. The fraction of sp³-hybridized carbons (Fsp3) is 0.581. The number of rotatable bonds is 8. The number of hydrogen-bond donors (Lipinski definition) is 1. The molecule has 8 nitrogen and oxygen atoms in total. The fourth-order valence-electron chi connectivity index (χ4n) is 6.66. The van der Waals surface area contributed by atoms with Crippen LogP contribution < -0.4 is 15.8 Å². The summed E-state index contributed by atoms with van der Waals surface area (Å²) in [6.07, 6.45) is 10.6. The highest BCUT2D eigenvalue weighted by Gasteiger charge is 2.25. The topological polar surface area (TPSA) is 75.5 Å². The van der Waals surface area contributed by atoms with Crippen LogP contribution in [0.25, 0.3) is 11.0 Å². The quantitative estimate of drug-likeness (QED) is 0.403. The Morgan fingerprint density at radius 3 is 2.48 bits per heavy atom. The highest BCUT2D eigenvalue weighted by Crippen LogP contribution is 2.32. The van der Waals surface area contributed by atoms with Gasteiger partial charge in [-0.1, -0.05) is 12.8 Å². The minimum Gasteiger partial charge on any atom is -0.379 e. The molecule has 0 amide bonds. The smallest absolute Gasteiger partial charge is 0.288 e. The average Bonchev–Trinajstić information content (AvgIpc) is 3.52. The molecule has 1 aliphatic carbocycles. The summed E-state index contributed by atoms with van der Waals surface area (Å²) >= 11 is 0. The van der Waals surface area contributed by atoms with Crippen molar-refractivity contribution in [2.45, 2.75) is 64.3 Å². The molecular weight excluding hydrogens is 507 g/mol. The standard InChI is InChI=1S/C31H41FN6O2/c1-22-27-21-33-31(35-29(27)38(30(39)28(22)32)26-6-2-3-7-26)34-24-8-10-25(11-9-24)37-15-12-23(13-16-37)5-4-14-36-17-19-40-20-18-36/h8-11,21,23,26H,2-7,12-20H2,1H3,(H,33,34,35). The zero-order valence-electron chi connectivity index (χ0n) is 23.6. The summed E-state index contributed by atoms with van der Waals surface area (Å²) < 4.78 is 21.8. The normalized spacial score (nSPS) is 19.5. The summed E-state index contributed by atoms with van der Waals surface area (Å²) in [4.78, 5) is 27.1. The van der Waals surface area contributed by atoms with Gasteiger partial charge in [0, 0.05) is 60.7 Å². The maximum Gasteiger partial charge on any atom is 0.288 e. The van der Waals surface area contributed by atoms with Gasteiger partial charge in [-0.2, -0.15) is 4.98 Å². The van der Waals surface area contributed by atoms with Crippen molar-refractivity contribution in [3.63, 3.8) is 0 Å². The van der Waals surface area contributed by atoms with E-state index in [1.807, 2.05) is 0 Å². The minimum atomic E-state index is -0.698. The number of hydrogen-bond acceptors (Lipinski definition) is 7. The van der Waals surface area contributed by atoms with Crippen molar-refractivity contribution < 1.29 is 9.13 Å². The number of aromatic nitrogens is 3. The molecule has 0 radical (unpaired) electrons. The molecule has 3 fully saturated rings. The van der Waals surface area contributed by atoms with Gasteiger partial charge in [-0.15, -0.1) is 0 Å². The second-order valence-corrected chi connectivity index (χ2v) is 11.7. The zero-order valence-corrected chi connectivity index (χ0v) is 23.6. The molecule has 1 aromatic carbocycles. The number of anilines is 3. The van der Waals surface area contributed by atoms with Gasteiger partial charge in [0.2, 0.25) is 5.95 Å². The van der Waals surface area contributed by atoms with E-state index in [0.29, 0.717) is 22.5 Å². The lowest BCUT2D eigenvalue weighted by molar-refractivity contribution is 0.0365. The second-order valence-electron chi connectivity index (χ2n) is 11.7. The molecule has 0 bridgehead atoms. The Morgan fingerprint density at radius 1 is 1.02 bits per heavy atom. The van der Waals surface area contributed by atoms with Gasteiger partial charge in [0.25, 0.3) is 5.56 Å². The van der Waals surface area contributed by atoms with Gasteiger partial charge in [0.15, 0.2) is 5.82 Å². The molecule has 2 saturated heterocycles. The number of nitrogens with zero attached hydrogens (tertiary/aromatic N) is 5. The van der Waals surface area contributed by atoms with E-state index in [1.54, 1.807) is 17.7 Å². The van der Waals surface area contributed by atoms with E-state index in [9.17, 15) is 9.18 Å². The van der Waals surface area contributed by atoms with Gasteiger partial charge in [-0.05, 0) is 82.2 Å². The van der Waals surface area contributed by atoms with Crippen molar-refractivity contribution >= 4 is 28.4 Å². The van der Waals surface area contributed by atoms with Gasteiger partial charge in [-0.25, -0.2) is 9.37 Å². The Balaban J connectivity index is 1.07. The van der Waals surface area contributed by atoms with Crippen molar-refractivity contribution in [3.05, 3.63) is 52.2 Å². The maximum atomic E-state index is 14.7. The van der Waals surface area contributed by atoms with Crippen molar-refractivity contribution in [3.8, 4) is 0 Å². The number of aryl methyl sites for hydroxylation is 1. The molecule has 1 saturated carbocycles. The van der Waals surface area contributed by atoms with E-state index in [1.165, 1.54) is 37.9 Å². The van der Waals surface area contributed by atoms with Gasteiger partial charge in [0.05, 0.1) is 13.2 Å². The number of piperidine rings is 1. The third-order valence-electron chi connectivity index (χ3n) is 9.12. The van der Waals surface area contributed by atoms with Crippen LogP contribution in [0.4, 0.5) is 21.7 Å². The first kappa shape index (κ1) is 27.1. The van der Waals surface area contributed by atoms with E-state index in [2.05, 4.69) is 44.4 Å². The Bertz CT molecular complexity index is 1360. The minimum absolute atomic E-state index is 0.0129. The van der Waals surface area contributed by atoms with E-state index in [0.717, 1.165) is 76.7 Å². The third-order valence-corrected chi connectivity index (χ3v) is 9.12. The molecule has 0 unspecified atom stereocenters. The van der Waals surface area contributed by atoms with Crippen LogP contribution in [0.15, 0.2) is 35.3 Å². The molecule has 4 heterocycles. The maximum absolute atomic E-state index is 14.7. The first-order valence-electron chi connectivity index (χ1n) is 15.1. The van der Waals surface area contributed by atoms with E-state index in [4.69, 9.17) is 9.72 Å². The highest BCUT2D eigenvalue weighted by molar-refractivity contribution is 5.79. The van der Waals surface area contributed by atoms with Crippen LogP contribution in [0.2, 0.25) is 0 Å². The van der Waals surface area contributed by atoms with Crippen LogP contribution in [0.5, 0.6) is 0 Å². The number of morpholine rings is 1. The Hall–Kier alpha value is -3.04. The van der Waals surface area contributed by atoms with Crippen LogP contribution >= 0.6 is 0 Å². The zero-order chi connectivity index (χ0) is 27.5. The van der Waals surface area contributed by atoms with Crippen LogP contribution in [0, 0.1) is 18.7 Å². The van der Waals surface area contributed by atoms with E-state index in [-0.39, 0.29) is 6.04 Å². The molecule has 0 atom stereocenters. The summed E-state index contributed by atoms with van der Waals surface area (Å²) in [5.74, 6) is 0.536. The van der Waals surface area contributed by atoms with Crippen LogP contribution in [0.1, 0.15) is 63.0 Å². The average molecular weight is 549 g/mol. The molecule has 3 aromatic rings. The van der Waals surface area contributed by atoms with Gasteiger partial charge >= 0.3 is 0 Å². The molecule has 214 valence electrons.